The highest BCUT2D eigenvalue weighted by atomic mass is 16.5. The minimum Gasteiger partial charge on any atom is -0.497 e. The van der Waals surface area contributed by atoms with Crippen molar-refractivity contribution in [2.45, 2.75) is 13.5 Å². The van der Waals surface area contributed by atoms with E-state index in [2.05, 4.69) is 5.32 Å². The highest BCUT2D eigenvalue weighted by molar-refractivity contribution is 5.94. The predicted octanol–water partition coefficient (Wildman–Crippen LogP) is 2.69. The summed E-state index contributed by atoms with van der Waals surface area (Å²) in [7, 11) is 3.14. The lowest BCUT2D eigenvalue weighted by molar-refractivity contribution is -0.133. The van der Waals surface area contributed by atoms with E-state index in [-0.39, 0.29) is 18.4 Å². The fraction of sp³-hybridized carbons (Fsp3) is 0.263. The van der Waals surface area contributed by atoms with Crippen LogP contribution in [0.15, 0.2) is 48.5 Å². The van der Waals surface area contributed by atoms with Gasteiger partial charge in [-0.25, -0.2) is 0 Å². The fourth-order valence-electron chi connectivity index (χ4n) is 2.39. The molecule has 132 valence electrons. The van der Waals surface area contributed by atoms with Crippen LogP contribution >= 0.6 is 0 Å². The van der Waals surface area contributed by atoms with Gasteiger partial charge in [0.25, 0.3) is 0 Å². The Balaban J connectivity index is 2.05. The van der Waals surface area contributed by atoms with Crippen molar-refractivity contribution in [1.82, 2.24) is 4.90 Å². The monoisotopic (exact) mass is 342 g/mol. The Kier molecular flexibility index (Phi) is 6.39. The van der Waals surface area contributed by atoms with E-state index in [0.717, 1.165) is 5.56 Å². The van der Waals surface area contributed by atoms with Crippen LogP contribution in [-0.4, -0.2) is 37.5 Å². The van der Waals surface area contributed by atoms with Crippen molar-refractivity contribution in [3.8, 4) is 11.5 Å². The van der Waals surface area contributed by atoms with Crippen LogP contribution in [0.3, 0.4) is 0 Å². The van der Waals surface area contributed by atoms with Gasteiger partial charge in [-0.05, 0) is 18.2 Å². The molecule has 0 bridgehead atoms. The summed E-state index contributed by atoms with van der Waals surface area (Å²) in [5, 5.41) is 2.77. The number of nitrogens with one attached hydrogen (secondary N) is 1. The highest BCUT2D eigenvalue weighted by Gasteiger charge is 2.16. The third kappa shape index (κ3) is 5.24. The van der Waals surface area contributed by atoms with Crippen molar-refractivity contribution >= 4 is 17.5 Å². The van der Waals surface area contributed by atoms with Gasteiger partial charge in [0, 0.05) is 30.8 Å². The second-order valence-electron chi connectivity index (χ2n) is 5.47. The zero-order chi connectivity index (χ0) is 18.2. The lowest BCUT2D eigenvalue weighted by Gasteiger charge is -2.21. The van der Waals surface area contributed by atoms with E-state index >= 15 is 0 Å². The van der Waals surface area contributed by atoms with Gasteiger partial charge >= 0.3 is 0 Å². The second-order valence-corrected chi connectivity index (χ2v) is 5.47. The molecule has 0 aromatic heterocycles. The van der Waals surface area contributed by atoms with Gasteiger partial charge in [0.1, 0.15) is 18.0 Å². The maximum Gasteiger partial charge on any atom is 0.244 e. The smallest absolute Gasteiger partial charge is 0.244 e. The van der Waals surface area contributed by atoms with E-state index in [1.165, 1.54) is 11.8 Å². The van der Waals surface area contributed by atoms with Crippen LogP contribution in [0.25, 0.3) is 0 Å². The molecule has 2 rings (SSSR count). The van der Waals surface area contributed by atoms with Crippen LogP contribution in [0.4, 0.5) is 5.69 Å². The van der Waals surface area contributed by atoms with Crippen LogP contribution in [-0.2, 0) is 16.1 Å². The third-order valence-corrected chi connectivity index (χ3v) is 3.69. The number of amides is 2. The molecule has 0 heterocycles. The largest absolute Gasteiger partial charge is 0.497 e. The molecule has 2 amide bonds. The summed E-state index contributed by atoms with van der Waals surface area (Å²) in [5.41, 5.74) is 1.46. The molecule has 0 aliphatic rings. The predicted molar refractivity (Wildman–Crippen MR) is 95.7 cm³/mol. The van der Waals surface area contributed by atoms with Gasteiger partial charge in [0.05, 0.1) is 14.2 Å². The summed E-state index contributed by atoms with van der Waals surface area (Å²) in [5.74, 6) is 0.863. The van der Waals surface area contributed by atoms with Gasteiger partial charge in [-0.15, -0.1) is 0 Å². The van der Waals surface area contributed by atoms with Crippen LogP contribution in [0.1, 0.15) is 12.5 Å². The Morgan fingerprint density at radius 2 is 1.80 bits per heavy atom. The van der Waals surface area contributed by atoms with Gasteiger partial charge in [0.2, 0.25) is 11.8 Å². The SMILES string of the molecule is COc1cccc(NC(=O)CN(Cc2ccccc2OC)C(C)=O)c1. The Morgan fingerprint density at radius 3 is 2.48 bits per heavy atom. The van der Waals surface area contributed by atoms with Crippen LogP contribution in [0, 0.1) is 0 Å². The summed E-state index contributed by atoms with van der Waals surface area (Å²) in [4.78, 5) is 25.7. The average molecular weight is 342 g/mol. The Bertz CT molecular complexity index is 746. The molecule has 0 aliphatic carbocycles. The number of methoxy groups -OCH3 is 2. The molecule has 25 heavy (non-hydrogen) atoms. The second kappa shape index (κ2) is 8.73. The molecule has 1 N–H and O–H groups in total. The summed E-state index contributed by atoms with van der Waals surface area (Å²) in [6, 6.07) is 14.5. The van der Waals surface area contributed by atoms with Crippen molar-refractivity contribution in [2.75, 3.05) is 26.1 Å². The number of ether oxygens (including phenoxy) is 2. The van der Waals surface area contributed by atoms with Crippen molar-refractivity contribution in [2.24, 2.45) is 0 Å². The molecule has 0 fully saturated rings. The molecule has 6 nitrogen and oxygen atoms in total. The number of carbonyl (C=O) groups excluding carboxylic acids is 2. The van der Waals surface area contributed by atoms with Gasteiger partial charge < -0.3 is 19.7 Å². The van der Waals surface area contributed by atoms with E-state index in [4.69, 9.17) is 9.47 Å². The van der Waals surface area contributed by atoms with Crippen molar-refractivity contribution < 1.29 is 19.1 Å². The Hall–Kier alpha value is -3.02. The van der Waals surface area contributed by atoms with E-state index in [9.17, 15) is 9.59 Å². The molecule has 0 spiro atoms. The summed E-state index contributed by atoms with van der Waals surface area (Å²) < 4.78 is 10.4. The van der Waals surface area contributed by atoms with E-state index in [0.29, 0.717) is 23.7 Å². The summed E-state index contributed by atoms with van der Waals surface area (Å²) >= 11 is 0. The third-order valence-electron chi connectivity index (χ3n) is 3.69. The Morgan fingerprint density at radius 1 is 1.04 bits per heavy atom. The number of para-hydroxylation sites is 1. The molecule has 0 unspecified atom stereocenters. The maximum absolute atomic E-state index is 12.3. The lowest BCUT2D eigenvalue weighted by atomic mass is 10.2. The average Bonchev–Trinajstić information content (AvgIpc) is 2.61. The number of anilines is 1. The molecule has 2 aromatic rings. The minimum atomic E-state index is -0.279. The van der Waals surface area contributed by atoms with Gasteiger partial charge in [-0.3, -0.25) is 9.59 Å². The topological polar surface area (TPSA) is 67.9 Å². The van der Waals surface area contributed by atoms with Crippen molar-refractivity contribution in [3.63, 3.8) is 0 Å². The van der Waals surface area contributed by atoms with Crippen LogP contribution in [0.2, 0.25) is 0 Å². The number of hydrogen-bond donors (Lipinski definition) is 1. The molecule has 0 radical (unpaired) electrons. The zero-order valence-electron chi connectivity index (χ0n) is 14.6. The maximum atomic E-state index is 12.3. The Labute approximate surface area is 147 Å². The number of nitrogens with zero attached hydrogens (tertiary/aromatic N) is 1. The number of hydrogen-bond acceptors (Lipinski definition) is 4. The highest BCUT2D eigenvalue weighted by Crippen LogP contribution is 2.20. The molecular formula is C19H22N2O4. The van der Waals surface area contributed by atoms with Gasteiger partial charge in [-0.2, -0.15) is 0 Å². The first-order chi connectivity index (χ1) is 12.0. The number of rotatable bonds is 7. The normalized spacial score (nSPS) is 10.0. The summed E-state index contributed by atoms with van der Waals surface area (Å²) in [6.07, 6.45) is 0. The van der Waals surface area contributed by atoms with Gasteiger partial charge in [-0.1, -0.05) is 24.3 Å². The molecular weight excluding hydrogens is 320 g/mol. The van der Waals surface area contributed by atoms with E-state index in [1.807, 2.05) is 24.3 Å². The molecule has 0 saturated carbocycles. The van der Waals surface area contributed by atoms with Crippen molar-refractivity contribution in [3.05, 3.63) is 54.1 Å². The first-order valence-electron chi connectivity index (χ1n) is 7.84. The first kappa shape index (κ1) is 18.3. The van der Waals surface area contributed by atoms with Gasteiger partial charge in [0.15, 0.2) is 0 Å². The van der Waals surface area contributed by atoms with Crippen LogP contribution in [0.5, 0.6) is 11.5 Å². The minimum absolute atomic E-state index is 0.0510. The molecule has 0 atom stereocenters. The lowest BCUT2D eigenvalue weighted by Crippen LogP contribution is -2.36. The number of carbonyl (C=O) groups is 2. The van der Waals surface area contributed by atoms with E-state index < -0.39 is 0 Å². The number of benzene rings is 2. The molecule has 0 saturated heterocycles. The zero-order valence-corrected chi connectivity index (χ0v) is 14.6. The standard InChI is InChI=1S/C19H22N2O4/c1-14(22)21(12-15-7-4-5-10-18(15)25-3)13-19(23)20-16-8-6-9-17(11-16)24-2/h4-11H,12-13H2,1-3H3,(H,20,23). The summed E-state index contributed by atoms with van der Waals surface area (Å²) in [6.45, 7) is 1.68. The molecule has 6 heteroatoms. The van der Waals surface area contributed by atoms with Crippen molar-refractivity contribution in [1.29, 1.82) is 0 Å². The fourth-order valence-corrected chi connectivity index (χ4v) is 2.39. The first-order valence-corrected chi connectivity index (χ1v) is 7.84. The molecule has 2 aromatic carbocycles. The molecule has 0 aliphatic heterocycles. The van der Waals surface area contributed by atoms with E-state index in [1.54, 1.807) is 38.5 Å². The quantitative estimate of drug-likeness (QED) is 0.840. The van der Waals surface area contributed by atoms with Crippen LogP contribution < -0.4 is 14.8 Å².